The fourth-order valence-corrected chi connectivity index (χ4v) is 2.19. The van der Waals surface area contributed by atoms with E-state index < -0.39 is 0 Å². The van der Waals surface area contributed by atoms with Crippen LogP contribution in [-0.2, 0) is 17.8 Å². The lowest BCUT2D eigenvalue weighted by molar-refractivity contribution is -0.122. The van der Waals surface area contributed by atoms with Crippen LogP contribution in [0.1, 0.15) is 18.4 Å². The van der Waals surface area contributed by atoms with Gasteiger partial charge in [0.25, 0.3) is 0 Å². The minimum Gasteiger partial charge on any atom is -0.394 e. The number of nitrogens with one attached hydrogen (secondary N) is 1. The van der Waals surface area contributed by atoms with E-state index in [1.165, 1.54) is 0 Å². The van der Waals surface area contributed by atoms with Gasteiger partial charge in [0.05, 0.1) is 12.6 Å². The summed E-state index contributed by atoms with van der Waals surface area (Å²) in [6.45, 7) is 0.669. The Bertz CT molecular complexity index is 526. The zero-order chi connectivity index (χ0) is 14.9. The van der Waals surface area contributed by atoms with Gasteiger partial charge < -0.3 is 10.4 Å². The van der Waals surface area contributed by atoms with Crippen LogP contribution in [0.4, 0.5) is 0 Å². The smallest absolute Gasteiger partial charge is 0.220 e. The monoisotopic (exact) mass is 287 g/mol. The van der Waals surface area contributed by atoms with Crippen LogP contribution in [0.15, 0.2) is 48.8 Å². The van der Waals surface area contributed by atoms with Gasteiger partial charge in [-0.2, -0.15) is 5.10 Å². The van der Waals surface area contributed by atoms with Crippen molar-refractivity contribution < 1.29 is 9.90 Å². The van der Waals surface area contributed by atoms with Gasteiger partial charge >= 0.3 is 0 Å². The number of aryl methyl sites for hydroxylation is 1. The maximum absolute atomic E-state index is 11.9. The quantitative estimate of drug-likeness (QED) is 0.771. The maximum Gasteiger partial charge on any atom is 0.220 e. The number of amides is 1. The van der Waals surface area contributed by atoms with Crippen LogP contribution < -0.4 is 5.32 Å². The van der Waals surface area contributed by atoms with E-state index in [9.17, 15) is 9.90 Å². The van der Waals surface area contributed by atoms with E-state index in [1.54, 1.807) is 10.9 Å². The van der Waals surface area contributed by atoms with E-state index in [2.05, 4.69) is 10.4 Å². The zero-order valence-corrected chi connectivity index (χ0v) is 12.0. The molecule has 0 aliphatic heterocycles. The van der Waals surface area contributed by atoms with Gasteiger partial charge in [-0.25, -0.2) is 0 Å². The fraction of sp³-hybridized carbons (Fsp3) is 0.375. The van der Waals surface area contributed by atoms with Crippen molar-refractivity contribution in [2.45, 2.75) is 31.8 Å². The van der Waals surface area contributed by atoms with Crippen LogP contribution in [0.2, 0.25) is 0 Å². The first-order valence-corrected chi connectivity index (χ1v) is 7.19. The molecule has 1 amide bonds. The molecule has 5 nitrogen and oxygen atoms in total. The van der Waals surface area contributed by atoms with Gasteiger partial charge in [0, 0.05) is 25.4 Å². The molecule has 0 aliphatic carbocycles. The van der Waals surface area contributed by atoms with E-state index in [0.29, 0.717) is 12.8 Å². The lowest BCUT2D eigenvalue weighted by Gasteiger charge is -2.16. The number of aliphatic hydroxyl groups is 1. The number of hydrogen-bond donors (Lipinski definition) is 2. The second-order valence-electron chi connectivity index (χ2n) is 5.01. The van der Waals surface area contributed by atoms with Crippen molar-refractivity contribution in [1.29, 1.82) is 0 Å². The van der Waals surface area contributed by atoms with Gasteiger partial charge in [-0.15, -0.1) is 0 Å². The largest absolute Gasteiger partial charge is 0.394 e. The summed E-state index contributed by atoms with van der Waals surface area (Å²) in [5.41, 5.74) is 1.10. The molecule has 0 fully saturated rings. The normalized spacial score (nSPS) is 12.0. The molecule has 0 spiro atoms. The molecule has 0 aliphatic rings. The second kappa shape index (κ2) is 8.21. The van der Waals surface area contributed by atoms with Crippen molar-refractivity contribution in [3.63, 3.8) is 0 Å². The van der Waals surface area contributed by atoms with Gasteiger partial charge in [-0.05, 0) is 24.5 Å². The Hall–Kier alpha value is -2.14. The molecule has 112 valence electrons. The number of rotatable bonds is 8. The third-order valence-electron chi connectivity index (χ3n) is 3.26. The number of carbonyl (C=O) groups excluding carboxylic acids is 1. The van der Waals surface area contributed by atoms with Gasteiger partial charge in [0.15, 0.2) is 0 Å². The molecule has 5 heteroatoms. The van der Waals surface area contributed by atoms with Crippen LogP contribution >= 0.6 is 0 Å². The highest BCUT2D eigenvalue weighted by atomic mass is 16.3. The van der Waals surface area contributed by atoms with Gasteiger partial charge in [-0.1, -0.05) is 30.3 Å². The first-order valence-electron chi connectivity index (χ1n) is 7.19. The van der Waals surface area contributed by atoms with Crippen molar-refractivity contribution in [3.05, 3.63) is 54.4 Å². The Kier molecular flexibility index (Phi) is 5.97. The highest BCUT2D eigenvalue weighted by Gasteiger charge is 2.11. The van der Waals surface area contributed by atoms with Crippen LogP contribution in [0.3, 0.4) is 0 Å². The van der Waals surface area contributed by atoms with E-state index in [1.807, 2.05) is 42.6 Å². The molecule has 21 heavy (non-hydrogen) atoms. The summed E-state index contributed by atoms with van der Waals surface area (Å²) in [6, 6.07) is 11.5. The zero-order valence-electron chi connectivity index (χ0n) is 12.0. The van der Waals surface area contributed by atoms with Crippen molar-refractivity contribution in [1.82, 2.24) is 15.1 Å². The molecule has 1 aromatic carbocycles. The topological polar surface area (TPSA) is 67.2 Å². The van der Waals surface area contributed by atoms with E-state index in [-0.39, 0.29) is 18.6 Å². The number of aromatic nitrogens is 2. The number of hydrogen-bond acceptors (Lipinski definition) is 3. The van der Waals surface area contributed by atoms with E-state index in [0.717, 1.165) is 18.5 Å². The molecule has 1 atom stereocenters. The maximum atomic E-state index is 11.9. The molecule has 1 aromatic heterocycles. The molecular formula is C16H21N3O2. The van der Waals surface area contributed by atoms with E-state index >= 15 is 0 Å². The Labute approximate surface area is 124 Å². The summed E-state index contributed by atoms with van der Waals surface area (Å²) in [5, 5.41) is 16.4. The first-order chi connectivity index (χ1) is 10.3. The number of aliphatic hydroxyl groups excluding tert-OH is 1. The molecule has 1 heterocycles. The third-order valence-corrected chi connectivity index (χ3v) is 3.26. The van der Waals surface area contributed by atoms with Crippen molar-refractivity contribution >= 4 is 5.91 Å². The Balaban J connectivity index is 1.72. The predicted molar refractivity (Wildman–Crippen MR) is 80.6 cm³/mol. The predicted octanol–water partition coefficient (Wildman–Crippen LogP) is 1.38. The summed E-state index contributed by atoms with van der Waals surface area (Å²) in [4.78, 5) is 11.9. The summed E-state index contributed by atoms with van der Waals surface area (Å²) in [7, 11) is 0. The molecule has 0 bridgehead atoms. The van der Waals surface area contributed by atoms with Crippen LogP contribution in [0, 0.1) is 0 Å². The summed E-state index contributed by atoms with van der Waals surface area (Å²) in [6.07, 6.45) is 5.41. The Morgan fingerprint density at radius 2 is 2.10 bits per heavy atom. The number of nitrogens with zero attached hydrogens (tertiary/aromatic N) is 2. The Morgan fingerprint density at radius 1 is 1.29 bits per heavy atom. The number of carbonyl (C=O) groups is 1. The molecule has 0 unspecified atom stereocenters. The standard InChI is InChI=1S/C16H21N3O2/c20-13-15(12-14-6-2-1-3-7-14)18-16(21)8-4-10-19-11-5-9-17-19/h1-3,5-7,9,11,15,20H,4,8,10,12-13H2,(H,18,21)/t15-/m1/s1. The minimum atomic E-state index is -0.232. The van der Waals surface area contributed by atoms with Gasteiger partial charge in [-0.3, -0.25) is 9.48 Å². The first kappa shape index (κ1) is 15.3. The van der Waals surface area contributed by atoms with Gasteiger partial charge in [0.1, 0.15) is 0 Å². The lowest BCUT2D eigenvalue weighted by Crippen LogP contribution is -2.39. The summed E-state index contributed by atoms with van der Waals surface area (Å²) < 4.78 is 1.81. The molecular weight excluding hydrogens is 266 g/mol. The lowest BCUT2D eigenvalue weighted by atomic mass is 10.1. The minimum absolute atomic E-state index is 0.0304. The molecule has 2 rings (SSSR count). The molecule has 2 N–H and O–H groups in total. The van der Waals surface area contributed by atoms with Crippen LogP contribution in [-0.4, -0.2) is 33.4 Å². The summed E-state index contributed by atoms with van der Waals surface area (Å²) in [5.74, 6) is -0.0304. The molecule has 0 radical (unpaired) electrons. The highest BCUT2D eigenvalue weighted by molar-refractivity contribution is 5.76. The van der Waals surface area contributed by atoms with Crippen LogP contribution in [0.25, 0.3) is 0 Å². The molecule has 2 aromatic rings. The SMILES string of the molecule is O=C(CCCn1cccn1)N[C@@H](CO)Cc1ccccc1. The highest BCUT2D eigenvalue weighted by Crippen LogP contribution is 2.03. The second-order valence-corrected chi connectivity index (χ2v) is 5.01. The average Bonchev–Trinajstić information content (AvgIpc) is 3.01. The average molecular weight is 287 g/mol. The van der Waals surface area contributed by atoms with Gasteiger partial charge in [0.2, 0.25) is 5.91 Å². The fourth-order valence-electron chi connectivity index (χ4n) is 2.19. The van der Waals surface area contributed by atoms with E-state index in [4.69, 9.17) is 0 Å². The number of benzene rings is 1. The van der Waals surface area contributed by atoms with Crippen molar-refractivity contribution in [2.75, 3.05) is 6.61 Å². The molecule has 0 saturated carbocycles. The van der Waals surface area contributed by atoms with Crippen LogP contribution in [0.5, 0.6) is 0 Å². The van der Waals surface area contributed by atoms with Crippen molar-refractivity contribution in [2.24, 2.45) is 0 Å². The summed E-state index contributed by atoms with van der Waals surface area (Å²) >= 11 is 0. The molecule has 0 saturated heterocycles. The van der Waals surface area contributed by atoms with Crippen molar-refractivity contribution in [3.8, 4) is 0 Å². The Morgan fingerprint density at radius 3 is 2.76 bits per heavy atom. The third kappa shape index (κ3) is 5.39.